The molecule has 136 valence electrons. The molecule has 0 saturated carbocycles. The normalized spacial score (nSPS) is 10.7. The number of nitrogens with zero attached hydrogens (tertiary/aromatic N) is 2. The van der Waals surface area contributed by atoms with Gasteiger partial charge in [0.2, 0.25) is 0 Å². The molecular weight excluding hydrogens is 412 g/mol. The Kier molecular flexibility index (Phi) is 5.77. The van der Waals surface area contributed by atoms with E-state index in [-0.39, 0.29) is 5.69 Å². The summed E-state index contributed by atoms with van der Waals surface area (Å²) in [6, 6.07) is 15.4. The lowest BCUT2D eigenvalue weighted by atomic mass is 10.2. The van der Waals surface area contributed by atoms with Crippen molar-refractivity contribution in [2.45, 2.75) is 6.92 Å². The van der Waals surface area contributed by atoms with Crippen molar-refractivity contribution in [1.29, 1.82) is 0 Å². The van der Waals surface area contributed by atoms with Crippen molar-refractivity contribution in [3.8, 4) is 5.75 Å². The van der Waals surface area contributed by atoms with Gasteiger partial charge in [-0.15, -0.1) is 0 Å². The average molecular weight is 427 g/mol. The second-order valence-corrected chi connectivity index (χ2v) is 6.49. The number of rotatable bonds is 5. The predicted octanol–water partition coefficient (Wildman–Crippen LogP) is 3.46. The third-order valence-corrected chi connectivity index (χ3v) is 3.99. The van der Waals surface area contributed by atoms with Gasteiger partial charge in [0.05, 0.1) is 11.8 Å². The largest absolute Gasteiger partial charge is 0.422 e. The van der Waals surface area contributed by atoms with Gasteiger partial charge in [-0.25, -0.2) is 10.2 Å². The summed E-state index contributed by atoms with van der Waals surface area (Å²) >= 11 is 3.36. The zero-order valence-electron chi connectivity index (χ0n) is 14.3. The van der Waals surface area contributed by atoms with Gasteiger partial charge < -0.3 is 4.74 Å². The highest BCUT2D eigenvalue weighted by molar-refractivity contribution is 9.10. The Bertz CT molecular complexity index is 999. The van der Waals surface area contributed by atoms with Gasteiger partial charge in [-0.2, -0.15) is 10.2 Å². The highest BCUT2D eigenvalue weighted by atomic mass is 79.9. The number of hydrogen-bond acceptors (Lipinski definition) is 5. The molecule has 7 nitrogen and oxygen atoms in total. The van der Waals surface area contributed by atoms with Gasteiger partial charge in [0, 0.05) is 15.7 Å². The Hall–Kier alpha value is -3.26. The lowest BCUT2D eigenvalue weighted by Crippen LogP contribution is -2.18. The van der Waals surface area contributed by atoms with Crippen LogP contribution in [-0.2, 0) is 0 Å². The lowest BCUT2D eigenvalue weighted by molar-refractivity contribution is 0.0734. The van der Waals surface area contributed by atoms with Gasteiger partial charge in [0.25, 0.3) is 5.91 Å². The minimum Gasteiger partial charge on any atom is -0.422 e. The molecule has 0 aliphatic carbocycles. The number of esters is 1. The molecule has 0 spiro atoms. The molecule has 2 N–H and O–H groups in total. The third kappa shape index (κ3) is 4.89. The monoisotopic (exact) mass is 426 g/mol. The maximum absolute atomic E-state index is 12.3. The number of carbonyl (C=O) groups is 2. The molecule has 0 fully saturated rings. The quantitative estimate of drug-likeness (QED) is 0.282. The number of amides is 1. The zero-order valence-corrected chi connectivity index (χ0v) is 15.9. The number of halogens is 1. The molecule has 2 aromatic carbocycles. The summed E-state index contributed by atoms with van der Waals surface area (Å²) < 4.78 is 6.23. The minimum atomic E-state index is -0.483. The Balaban J connectivity index is 1.74. The first-order valence-electron chi connectivity index (χ1n) is 7.95. The summed E-state index contributed by atoms with van der Waals surface area (Å²) in [5, 5.41) is 10.5. The summed E-state index contributed by atoms with van der Waals surface area (Å²) in [4.78, 5) is 24.2. The average Bonchev–Trinajstić information content (AvgIpc) is 3.11. The van der Waals surface area contributed by atoms with E-state index in [4.69, 9.17) is 4.74 Å². The number of aromatic nitrogens is 2. The van der Waals surface area contributed by atoms with Crippen LogP contribution >= 0.6 is 15.9 Å². The van der Waals surface area contributed by atoms with Crippen LogP contribution in [0.25, 0.3) is 0 Å². The van der Waals surface area contributed by atoms with Crippen LogP contribution in [0.5, 0.6) is 5.75 Å². The molecule has 0 atom stereocenters. The molecule has 3 rings (SSSR count). The van der Waals surface area contributed by atoms with Crippen LogP contribution in [0.3, 0.4) is 0 Å². The SMILES string of the molecule is Cc1cc(C(=O)N/N=C/c2cc(Br)ccc2OC(=O)c2ccccc2)n[nH]1. The van der Waals surface area contributed by atoms with Crippen LogP contribution in [0.4, 0.5) is 0 Å². The predicted molar refractivity (Wildman–Crippen MR) is 104 cm³/mol. The van der Waals surface area contributed by atoms with E-state index in [1.807, 2.05) is 6.07 Å². The standard InChI is InChI=1S/C19H15BrN4O3/c1-12-9-16(23-22-12)18(25)24-21-11-14-10-15(20)7-8-17(14)27-19(26)13-5-3-2-4-6-13/h2-11H,1H3,(H,22,23)(H,24,25)/b21-11+. The number of nitrogens with one attached hydrogen (secondary N) is 2. The second kappa shape index (κ2) is 8.41. The number of H-pyrrole nitrogens is 1. The summed E-state index contributed by atoms with van der Waals surface area (Å²) in [5.74, 6) is -0.613. The molecule has 0 aliphatic heterocycles. The van der Waals surface area contributed by atoms with Gasteiger partial charge in [0.1, 0.15) is 5.75 Å². The molecule has 0 unspecified atom stereocenters. The number of carbonyl (C=O) groups excluding carboxylic acids is 2. The summed E-state index contributed by atoms with van der Waals surface area (Å²) in [7, 11) is 0. The van der Waals surface area contributed by atoms with Crippen LogP contribution in [0.15, 0.2) is 64.2 Å². The Morgan fingerprint density at radius 1 is 1.19 bits per heavy atom. The number of ether oxygens (including phenoxy) is 1. The number of hydrazone groups is 1. The van der Waals surface area contributed by atoms with E-state index in [0.29, 0.717) is 16.9 Å². The van der Waals surface area contributed by atoms with E-state index in [9.17, 15) is 9.59 Å². The van der Waals surface area contributed by atoms with Crippen molar-refractivity contribution in [1.82, 2.24) is 15.6 Å². The zero-order chi connectivity index (χ0) is 19.2. The fourth-order valence-corrected chi connectivity index (χ4v) is 2.58. The summed E-state index contributed by atoms with van der Waals surface area (Å²) in [6.07, 6.45) is 1.40. The molecule has 27 heavy (non-hydrogen) atoms. The second-order valence-electron chi connectivity index (χ2n) is 5.57. The Labute approximate surface area is 163 Å². The van der Waals surface area contributed by atoms with E-state index in [1.165, 1.54) is 6.21 Å². The highest BCUT2D eigenvalue weighted by Gasteiger charge is 2.12. The highest BCUT2D eigenvalue weighted by Crippen LogP contribution is 2.23. The first kappa shape index (κ1) is 18.5. The molecule has 8 heteroatoms. The van der Waals surface area contributed by atoms with Crippen molar-refractivity contribution >= 4 is 34.0 Å². The molecule has 1 amide bonds. The van der Waals surface area contributed by atoms with Gasteiger partial charge >= 0.3 is 5.97 Å². The number of aromatic amines is 1. The summed E-state index contributed by atoms with van der Waals surface area (Å²) in [5.41, 5.74) is 4.34. The van der Waals surface area contributed by atoms with Crippen LogP contribution in [0.1, 0.15) is 32.1 Å². The van der Waals surface area contributed by atoms with Crippen LogP contribution in [0.2, 0.25) is 0 Å². The molecule has 1 heterocycles. The van der Waals surface area contributed by atoms with Crippen LogP contribution in [0, 0.1) is 6.92 Å². The lowest BCUT2D eigenvalue weighted by Gasteiger charge is -2.08. The number of benzene rings is 2. The molecule has 3 aromatic rings. The molecule has 0 saturated heterocycles. The fourth-order valence-electron chi connectivity index (χ4n) is 2.20. The van der Waals surface area contributed by atoms with Gasteiger partial charge in [-0.05, 0) is 43.3 Å². The Morgan fingerprint density at radius 3 is 2.67 bits per heavy atom. The third-order valence-electron chi connectivity index (χ3n) is 3.49. The fraction of sp³-hybridized carbons (Fsp3) is 0.0526. The molecule has 0 aliphatic rings. The minimum absolute atomic E-state index is 0.231. The van der Waals surface area contributed by atoms with Gasteiger partial charge in [-0.1, -0.05) is 34.1 Å². The Morgan fingerprint density at radius 2 is 1.96 bits per heavy atom. The van der Waals surface area contributed by atoms with E-state index in [0.717, 1.165) is 10.2 Å². The smallest absolute Gasteiger partial charge is 0.343 e. The maximum Gasteiger partial charge on any atom is 0.343 e. The van der Waals surface area contributed by atoms with Gasteiger partial charge in [-0.3, -0.25) is 9.89 Å². The van der Waals surface area contributed by atoms with Crippen molar-refractivity contribution < 1.29 is 14.3 Å². The summed E-state index contributed by atoms with van der Waals surface area (Å²) in [6.45, 7) is 1.79. The molecular formula is C19H15BrN4O3. The van der Waals surface area contributed by atoms with Crippen LogP contribution in [-0.4, -0.2) is 28.3 Å². The topological polar surface area (TPSA) is 96.4 Å². The first-order chi connectivity index (χ1) is 13.0. The van der Waals surface area contributed by atoms with E-state index in [1.54, 1.807) is 55.5 Å². The molecule has 0 radical (unpaired) electrons. The first-order valence-corrected chi connectivity index (χ1v) is 8.74. The van der Waals surface area contributed by atoms with Crippen molar-refractivity contribution in [3.63, 3.8) is 0 Å². The van der Waals surface area contributed by atoms with Gasteiger partial charge in [0.15, 0.2) is 5.69 Å². The van der Waals surface area contributed by atoms with Crippen molar-refractivity contribution in [2.24, 2.45) is 5.10 Å². The van der Waals surface area contributed by atoms with Crippen LogP contribution < -0.4 is 10.2 Å². The van der Waals surface area contributed by atoms with E-state index >= 15 is 0 Å². The van der Waals surface area contributed by atoms with E-state index in [2.05, 4.69) is 36.7 Å². The number of aryl methyl sites for hydroxylation is 1. The van der Waals surface area contributed by atoms with Crippen molar-refractivity contribution in [2.75, 3.05) is 0 Å². The molecule has 0 bridgehead atoms. The number of hydrogen-bond donors (Lipinski definition) is 2. The molecule has 1 aromatic heterocycles. The van der Waals surface area contributed by atoms with E-state index < -0.39 is 11.9 Å². The maximum atomic E-state index is 12.3. The van der Waals surface area contributed by atoms with Crippen molar-refractivity contribution in [3.05, 3.63) is 81.6 Å².